The van der Waals surface area contributed by atoms with Gasteiger partial charge in [0, 0.05) is 43.6 Å². The van der Waals surface area contributed by atoms with E-state index in [1.54, 1.807) is 12.1 Å². The van der Waals surface area contributed by atoms with Crippen LogP contribution in [0, 0.1) is 0 Å². The van der Waals surface area contributed by atoms with Gasteiger partial charge >= 0.3 is 0 Å². The van der Waals surface area contributed by atoms with E-state index < -0.39 is 0 Å². The highest BCUT2D eigenvalue weighted by Gasteiger charge is 2.27. The second-order valence-electron chi connectivity index (χ2n) is 5.36. The number of benzene rings is 1. The molecule has 1 amide bonds. The summed E-state index contributed by atoms with van der Waals surface area (Å²) >= 11 is 0. The van der Waals surface area contributed by atoms with E-state index in [9.17, 15) is 9.59 Å². The van der Waals surface area contributed by atoms with Gasteiger partial charge in [-0.1, -0.05) is 30.3 Å². The Bertz CT molecular complexity index is 478. The molecule has 1 aliphatic rings. The molecule has 2 unspecified atom stereocenters. The fourth-order valence-corrected chi connectivity index (χ4v) is 2.54. The molecule has 0 spiro atoms. The van der Waals surface area contributed by atoms with Crippen molar-refractivity contribution >= 4 is 24.1 Å². The number of halogens is 1. The summed E-state index contributed by atoms with van der Waals surface area (Å²) in [4.78, 5) is 26.1. The molecular formula is C16H23ClN2O2. The van der Waals surface area contributed by atoms with Crippen molar-refractivity contribution in [1.82, 2.24) is 10.2 Å². The summed E-state index contributed by atoms with van der Waals surface area (Å²) in [5, 5.41) is 3.35. The van der Waals surface area contributed by atoms with Gasteiger partial charge in [-0.3, -0.25) is 9.59 Å². The lowest BCUT2D eigenvalue weighted by Crippen LogP contribution is -2.57. The van der Waals surface area contributed by atoms with E-state index in [1.807, 2.05) is 30.0 Å². The van der Waals surface area contributed by atoms with Crippen molar-refractivity contribution in [3.63, 3.8) is 0 Å². The summed E-state index contributed by atoms with van der Waals surface area (Å²) in [7, 11) is 0. The third-order valence-corrected chi connectivity index (χ3v) is 4.02. The van der Waals surface area contributed by atoms with Crippen LogP contribution in [-0.2, 0) is 4.79 Å². The SMILES string of the molecule is CC1NCCN(C(=O)CCC(=O)c2ccccc2)C1C.Cl. The Balaban J connectivity index is 0.00000220. The Morgan fingerprint density at radius 2 is 1.86 bits per heavy atom. The number of amides is 1. The Kier molecular flexibility index (Phi) is 6.85. The van der Waals surface area contributed by atoms with Crippen molar-refractivity contribution in [2.75, 3.05) is 13.1 Å². The number of carbonyl (C=O) groups is 2. The van der Waals surface area contributed by atoms with Gasteiger partial charge in [-0.05, 0) is 13.8 Å². The lowest BCUT2D eigenvalue weighted by atomic mass is 10.0. The lowest BCUT2D eigenvalue weighted by Gasteiger charge is -2.38. The number of hydrogen-bond donors (Lipinski definition) is 1. The van der Waals surface area contributed by atoms with Crippen LogP contribution >= 0.6 is 12.4 Å². The molecule has 2 rings (SSSR count). The van der Waals surface area contributed by atoms with Gasteiger partial charge in [0.25, 0.3) is 0 Å². The molecule has 0 bridgehead atoms. The third kappa shape index (κ3) is 4.55. The number of hydrogen-bond acceptors (Lipinski definition) is 3. The Hall–Kier alpha value is -1.39. The molecule has 1 aromatic rings. The molecule has 1 fully saturated rings. The molecular weight excluding hydrogens is 288 g/mol. The predicted octanol–water partition coefficient (Wildman–Crippen LogP) is 2.28. The van der Waals surface area contributed by atoms with Gasteiger partial charge in [0.15, 0.2) is 5.78 Å². The summed E-state index contributed by atoms with van der Waals surface area (Å²) in [6.07, 6.45) is 0.582. The van der Waals surface area contributed by atoms with E-state index in [1.165, 1.54) is 0 Å². The zero-order valence-corrected chi connectivity index (χ0v) is 13.4. The Morgan fingerprint density at radius 1 is 1.19 bits per heavy atom. The molecule has 116 valence electrons. The van der Waals surface area contributed by atoms with Crippen LogP contribution in [0.5, 0.6) is 0 Å². The minimum absolute atomic E-state index is 0. The summed E-state index contributed by atoms with van der Waals surface area (Å²) < 4.78 is 0. The van der Waals surface area contributed by atoms with Crippen LogP contribution in [0.1, 0.15) is 37.0 Å². The maximum absolute atomic E-state index is 12.2. The summed E-state index contributed by atoms with van der Waals surface area (Å²) in [5.74, 6) is 0.116. The monoisotopic (exact) mass is 310 g/mol. The largest absolute Gasteiger partial charge is 0.337 e. The smallest absolute Gasteiger partial charge is 0.223 e. The number of piperazine rings is 1. The first-order valence-corrected chi connectivity index (χ1v) is 7.20. The van der Waals surface area contributed by atoms with Crippen LogP contribution in [0.3, 0.4) is 0 Å². The molecule has 0 aromatic heterocycles. The maximum Gasteiger partial charge on any atom is 0.223 e. The van der Waals surface area contributed by atoms with E-state index in [-0.39, 0.29) is 36.6 Å². The minimum atomic E-state index is 0. The van der Waals surface area contributed by atoms with Crippen molar-refractivity contribution in [1.29, 1.82) is 0 Å². The standard InChI is InChI=1S/C16H22N2O2.ClH/c1-12-13(2)18(11-10-17-12)16(20)9-8-15(19)14-6-4-3-5-7-14;/h3-7,12-13,17H,8-11H2,1-2H3;1H. The van der Waals surface area contributed by atoms with Crippen LogP contribution in [0.15, 0.2) is 30.3 Å². The van der Waals surface area contributed by atoms with Gasteiger partial charge in [0.1, 0.15) is 0 Å². The second kappa shape index (κ2) is 8.15. The molecule has 0 saturated carbocycles. The maximum atomic E-state index is 12.2. The highest BCUT2D eigenvalue weighted by molar-refractivity contribution is 5.97. The van der Waals surface area contributed by atoms with Crippen molar-refractivity contribution in [2.24, 2.45) is 0 Å². The first-order valence-electron chi connectivity index (χ1n) is 7.20. The fraction of sp³-hybridized carbons (Fsp3) is 0.500. The molecule has 1 N–H and O–H groups in total. The van der Waals surface area contributed by atoms with E-state index in [4.69, 9.17) is 0 Å². The summed E-state index contributed by atoms with van der Waals surface area (Å²) in [6, 6.07) is 9.64. The van der Waals surface area contributed by atoms with Gasteiger partial charge < -0.3 is 10.2 Å². The van der Waals surface area contributed by atoms with Crippen molar-refractivity contribution in [2.45, 2.75) is 38.8 Å². The molecule has 4 nitrogen and oxygen atoms in total. The number of nitrogens with one attached hydrogen (secondary N) is 1. The Labute approximate surface area is 132 Å². The first kappa shape index (κ1) is 17.7. The molecule has 5 heteroatoms. The number of ketones is 1. The third-order valence-electron chi connectivity index (χ3n) is 4.02. The van der Waals surface area contributed by atoms with Gasteiger partial charge in [0.2, 0.25) is 5.91 Å². The average molecular weight is 311 g/mol. The molecule has 21 heavy (non-hydrogen) atoms. The highest BCUT2D eigenvalue weighted by atomic mass is 35.5. The molecule has 0 aliphatic carbocycles. The Morgan fingerprint density at radius 3 is 2.52 bits per heavy atom. The molecule has 0 radical (unpaired) electrons. The van der Waals surface area contributed by atoms with Crippen LogP contribution in [0.2, 0.25) is 0 Å². The summed E-state index contributed by atoms with van der Waals surface area (Å²) in [5.41, 5.74) is 0.682. The zero-order chi connectivity index (χ0) is 14.5. The van der Waals surface area contributed by atoms with Crippen LogP contribution in [-0.4, -0.2) is 41.8 Å². The second-order valence-corrected chi connectivity index (χ2v) is 5.36. The van der Waals surface area contributed by atoms with Gasteiger partial charge in [0.05, 0.1) is 0 Å². The number of carbonyl (C=O) groups excluding carboxylic acids is 2. The number of rotatable bonds is 4. The van der Waals surface area contributed by atoms with E-state index in [0.717, 1.165) is 13.1 Å². The number of nitrogens with zero attached hydrogens (tertiary/aromatic N) is 1. The van der Waals surface area contributed by atoms with E-state index >= 15 is 0 Å². The summed E-state index contributed by atoms with van der Waals surface area (Å²) in [6.45, 7) is 5.68. The minimum Gasteiger partial charge on any atom is -0.337 e. The van der Waals surface area contributed by atoms with Crippen molar-refractivity contribution in [3.8, 4) is 0 Å². The molecule has 2 atom stereocenters. The average Bonchev–Trinajstić information content (AvgIpc) is 2.48. The van der Waals surface area contributed by atoms with Crippen molar-refractivity contribution in [3.05, 3.63) is 35.9 Å². The first-order chi connectivity index (χ1) is 9.59. The molecule has 1 heterocycles. The molecule has 1 aromatic carbocycles. The molecule has 1 aliphatic heterocycles. The van der Waals surface area contributed by atoms with Gasteiger partial charge in [-0.2, -0.15) is 0 Å². The van der Waals surface area contributed by atoms with Gasteiger partial charge in [-0.25, -0.2) is 0 Å². The van der Waals surface area contributed by atoms with E-state index in [0.29, 0.717) is 18.0 Å². The quantitative estimate of drug-likeness (QED) is 0.868. The number of Topliss-reactive ketones (excluding diaryl/α,β-unsaturated/α-hetero) is 1. The van der Waals surface area contributed by atoms with Crippen molar-refractivity contribution < 1.29 is 9.59 Å². The normalized spacial score (nSPS) is 21.5. The van der Waals surface area contributed by atoms with Crippen LogP contribution < -0.4 is 5.32 Å². The molecule has 1 saturated heterocycles. The van der Waals surface area contributed by atoms with Gasteiger partial charge in [-0.15, -0.1) is 12.4 Å². The lowest BCUT2D eigenvalue weighted by molar-refractivity contribution is -0.134. The van der Waals surface area contributed by atoms with Crippen LogP contribution in [0.25, 0.3) is 0 Å². The van der Waals surface area contributed by atoms with Crippen LogP contribution in [0.4, 0.5) is 0 Å². The zero-order valence-electron chi connectivity index (χ0n) is 12.5. The highest BCUT2D eigenvalue weighted by Crippen LogP contribution is 2.13. The topological polar surface area (TPSA) is 49.4 Å². The van der Waals surface area contributed by atoms with E-state index in [2.05, 4.69) is 12.2 Å². The fourth-order valence-electron chi connectivity index (χ4n) is 2.54. The predicted molar refractivity (Wildman–Crippen MR) is 85.9 cm³/mol.